The van der Waals surface area contributed by atoms with E-state index in [4.69, 9.17) is 5.26 Å². The molecule has 0 heterocycles. The number of hydrogen-bond acceptors (Lipinski definition) is 2. The maximum Gasteiger partial charge on any atom is 0.127 e. The van der Waals surface area contributed by atoms with Gasteiger partial charge >= 0.3 is 0 Å². The van der Waals surface area contributed by atoms with Crippen molar-refractivity contribution in [2.45, 2.75) is 27.2 Å². The third-order valence-electron chi connectivity index (χ3n) is 2.49. The van der Waals surface area contributed by atoms with Crippen LogP contribution >= 0.6 is 0 Å². The third kappa shape index (κ3) is 6.01. The third-order valence-corrected chi connectivity index (χ3v) is 2.49. The molecule has 0 aliphatic carbocycles. The van der Waals surface area contributed by atoms with Crippen molar-refractivity contribution in [3.05, 3.63) is 71.9 Å². The van der Waals surface area contributed by atoms with E-state index in [2.05, 4.69) is 25.1 Å². The van der Waals surface area contributed by atoms with E-state index in [-0.39, 0.29) is 5.83 Å². The highest BCUT2D eigenvalue weighted by molar-refractivity contribution is 5.45. The molecule has 0 aliphatic rings. The average molecular weight is 272 g/mol. The number of nitrogens with zero attached hydrogens (tertiary/aromatic N) is 1. The first-order valence-electron chi connectivity index (χ1n) is 6.30. The minimum Gasteiger partial charge on any atom is -0.355 e. The highest BCUT2D eigenvalue weighted by Crippen LogP contribution is 2.16. The molecule has 106 valence electrons. The summed E-state index contributed by atoms with van der Waals surface area (Å²) in [4.78, 5) is 0. The Kier molecular flexibility index (Phi) is 7.69. The van der Waals surface area contributed by atoms with Crippen molar-refractivity contribution in [3.8, 4) is 6.07 Å². The molecule has 0 aromatic rings. The number of nitrogens with one attached hydrogen (secondary N) is 1. The minimum absolute atomic E-state index is 0.361. The fourth-order valence-electron chi connectivity index (χ4n) is 1.27. The molecule has 0 saturated carbocycles. The van der Waals surface area contributed by atoms with Crippen molar-refractivity contribution in [1.29, 1.82) is 5.26 Å². The molecule has 0 rings (SSSR count). The quantitative estimate of drug-likeness (QED) is 0.531. The van der Waals surface area contributed by atoms with Gasteiger partial charge in [-0.15, -0.1) is 0 Å². The monoisotopic (exact) mass is 272 g/mol. The van der Waals surface area contributed by atoms with E-state index >= 15 is 0 Å². The Balaban J connectivity index is 5.10. The fraction of sp³-hybridized carbons (Fsp3) is 0.235. The molecule has 3 heteroatoms. The van der Waals surface area contributed by atoms with Crippen LogP contribution in [0.15, 0.2) is 71.9 Å². The van der Waals surface area contributed by atoms with Crippen molar-refractivity contribution in [2.24, 2.45) is 0 Å². The lowest BCUT2D eigenvalue weighted by Crippen LogP contribution is -2.12. The largest absolute Gasteiger partial charge is 0.355 e. The van der Waals surface area contributed by atoms with Gasteiger partial charge in [-0.1, -0.05) is 38.3 Å². The molecule has 0 atom stereocenters. The highest BCUT2D eigenvalue weighted by Gasteiger charge is 2.05. The van der Waals surface area contributed by atoms with Crippen LogP contribution in [0.25, 0.3) is 0 Å². The number of nitriles is 1. The van der Waals surface area contributed by atoms with Crippen molar-refractivity contribution in [3.63, 3.8) is 0 Å². The molecule has 20 heavy (non-hydrogen) atoms. The van der Waals surface area contributed by atoms with E-state index < -0.39 is 0 Å². The van der Waals surface area contributed by atoms with Crippen LogP contribution in [-0.4, -0.2) is 0 Å². The van der Waals surface area contributed by atoms with Crippen LogP contribution in [0.5, 0.6) is 0 Å². The van der Waals surface area contributed by atoms with E-state index in [1.54, 1.807) is 26.0 Å². The molecule has 0 aromatic carbocycles. The summed E-state index contributed by atoms with van der Waals surface area (Å²) < 4.78 is 13.7. The van der Waals surface area contributed by atoms with E-state index in [0.29, 0.717) is 29.0 Å². The van der Waals surface area contributed by atoms with E-state index in [1.165, 1.54) is 6.08 Å². The van der Waals surface area contributed by atoms with Crippen LogP contribution in [-0.2, 0) is 0 Å². The van der Waals surface area contributed by atoms with Crippen LogP contribution in [0.3, 0.4) is 0 Å². The van der Waals surface area contributed by atoms with Crippen LogP contribution in [0.2, 0.25) is 0 Å². The summed E-state index contributed by atoms with van der Waals surface area (Å²) in [6.45, 7) is 16.5. The molecule has 0 bridgehead atoms. The molecule has 0 unspecified atom stereocenters. The van der Waals surface area contributed by atoms with Gasteiger partial charge in [0.1, 0.15) is 11.9 Å². The topological polar surface area (TPSA) is 35.8 Å². The van der Waals surface area contributed by atoms with Gasteiger partial charge in [-0.25, -0.2) is 4.39 Å². The summed E-state index contributed by atoms with van der Waals surface area (Å²) in [5.41, 5.74) is 2.45. The highest BCUT2D eigenvalue weighted by atomic mass is 19.1. The van der Waals surface area contributed by atoms with Gasteiger partial charge < -0.3 is 5.32 Å². The second-order valence-corrected chi connectivity index (χ2v) is 4.31. The summed E-state index contributed by atoms with van der Waals surface area (Å²) in [6.07, 6.45) is 5.20. The molecule has 0 saturated heterocycles. The van der Waals surface area contributed by atoms with Crippen LogP contribution in [0, 0.1) is 11.3 Å². The lowest BCUT2D eigenvalue weighted by atomic mass is 10.1. The van der Waals surface area contributed by atoms with E-state index in [0.717, 1.165) is 5.57 Å². The molecule has 0 fully saturated rings. The van der Waals surface area contributed by atoms with Gasteiger partial charge in [0.25, 0.3) is 0 Å². The van der Waals surface area contributed by atoms with Crippen molar-refractivity contribution >= 4 is 0 Å². The van der Waals surface area contributed by atoms with Gasteiger partial charge in [-0.2, -0.15) is 5.26 Å². The molecule has 0 aromatic heterocycles. The van der Waals surface area contributed by atoms with Crippen molar-refractivity contribution < 1.29 is 4.39 Å². The predicted octanol–water partition coefficient (Wildman–Crippen LogP) is 4.84. The Morgan fingerprint density at radius 2 is 1.90 bits per heavy atom. The number of halogens is 1. The van der Waals surface area contributed by atoms with Crippen molar-refractivity contribution in [2.75, 3.05) is 0 Å². The first-order valence-corrected chi connectivity index (χ1v) is 6.30. The molecule has 1 N–H and O–H groups in total. The average Bonchev–Trinajstić information content (AvgIpc) is 2.42. The minimum atomic E-state index is -0.386. The Morgan fingerprint density at radius 3 is 2.30 bits per heavy atom. The van der Waals surface area contributed by atoms with Gasteiger partial charge in [-0.05, 0) is 38.0 Å². The lowest BCUT2D eigenvalue weighted by Gasteiger charge is -2.10. The molecule has 0 spiro atoms. The SMILES string of the molecule is C=C(C)/C=C(/C#N)C(=C)NC(=C/C)/C=C(/F)C(=C)CC. The smallest absolute Gasteiger partial charge is 0.127 e. The second-order valence-electron chi connectivity index (χ2n) is 4.31. The second kappa shape index (κ2) is 8.71. The maximum absolute atomic E-state index is 13.7. The molecular formula is C17H21FN2. The summed E-state index contributed by atoms with van der Waals surface area (Å²) in [6, 6.07) is 2.03. The molecule has 0 radical (unpaired) electrons. The Labute approximate surface area is 121 Å². The summed E-state index contributed by atoms with van der Waals surface area (Å²) in [7, 11) is 0. The number of rotatable bonds is 7. The van der Waals surface area contributed by atoms with Gasteiger partial charge in [0.05, 0.1) is 5.57 Å². The van der Waals surface area contributed by atoms with E-state index in [1.807, 2.05) is 13.0 Å². The van der Waals surface area contributed by atoms with Crippen molar-refractivity contribution in [1.82, 2.24) is 5.32 Å². The summed E-state index contributed by atoms with van der Waals surface area (Å²) >= 11 is 0. The zero-order chi connectivity index (χ0) is 15.7. The summed E-state index contributed by atoms with van der Waals surface area (Å²) in [5.74, 6) is -0.386. The molecule has 0 aliphatic heterocycles. The molecule has 0 amide bonds. The Hall–Kier alpha value is -2.34. The number of hydrogen-bond donors (Lipinski definition) is 1. The Bertz CT molecular complexity index is 540. The van der Waals surface area contributed by atoms with E-state index in [9.17, 15) is 4.39 Å². The zero-order valence-corrected chi connectivity index (χ0v) is 12.4. The zero-order valence-electron chi connectivity index (χ0n) is 12.4. The van der Waals surface area contributed by atoms with Gasteiger partial charge in [-0.3, -0.25) is 0 Å². The maximum atomic E-state index is 13.7. The van der Waals surface area contributed by atoms with Gasteiger partial charge in [0.15, 0.2) is 0 Å². The van der Waals surface area contributed by atoms with Gasteiger partial charge in [0, 0.05) is 11.4 Å². The first-order chi connectivity index (χ1) is 9.35. The standard InChI is InChI=1S/C17H21FN2/c1-7-13(5)17(18)10-16(8-2)20-14(6)15(11-19)9-12(3)4/h8-10,20H,3,5-7H2,1-2,4H3/b15-9-,16-8+,17-10+. The van der Waals surface area contributed by atoms with Crippen LogP contribution < -0.4 is 5.32 Å². The fourth-order valence-corrected chi connectivity index (χ4v) is 1.27. The lowest BCUT2D eigenvalue weighted by molar-refractivity contribution is 0.641. The summed E-state index contributed by atoms with van der Waals surface area (Å²) in [5, 5.41) is 12.0. The predicted molar refractivity (Wildman–Crippen MR) is 83.2 cm³/mol. The van der Waals surface area contributed by atoms with Crippen LogP contribution in [0.4, 0.5) is 4.39 Å². The normalized spacial score (nSPS) is 12.7. The van der Waals surface area contributed by atoms with Gasteiger partial charge in [0.2, 0.25) is 0 Å². The van der Waals surface area contributed by atoms with Crippen LogP contribution in [0.1, 0.15) is 27.2 Å². The Morgan fingerprint density at radius 1 is 1.30 bits per heavy atom. The molecule has 2 nitrogen and oxygen atoms in total. The number of allylic oxidation sites excluding steroid dienone is 7. The first kappa shape index (κ1) is 17.7. The molecular weight excluding hydrogens is 251 g/mol.